The van der Waals surface area contributed by atoms with E-state index in [9.17, 15) is 13.2 Å². The highest BCUT2D eigenvalue weighted by atomic mass is 35.5. The van der Waals surface area contributed by atoms with Crippen molar-refractivity contribution >= 4 is 33.7 Å². The number of hydrogen-bond acceptors (Lipinski definition) is 5. The van der Waals surface area contributed by atoms with E-state index in [0.717, 1.165) is 9.87 Å². The number of carbonyl (C=O) groups is 1. The Morgan fingerprint density at radius 3 is 2.38 bits per heavy atom. The van der Waals surface area contributed by atoms with Crippen LogP contribution in [-0.2, 0) is 21.4 Å². The van der Waals surface area contributed by atoms with Gasteiger partial charge in [0.05, 0.1) is 23.9 Å². The van der Waals surface area contributed by atoms with Gasteiger partial charge in [-0.05, 0) is 61.7 Å². The van der Waals surface area contributed by atoms with Crippen molar-refractivity contribution in [3.05, 3.63) is 87.8 Å². The summed E-state index contributed by atoms with van der Waals surface area (Å²) >= 11 is 5.95. The lowest BCUT2D eigenvalue weighted by Crippen LogP contribution is -2.39. The lowest BCUT2D eigenvalue weighted by atomic mass is 10.1. The fourth-order valence-electron chi connectivity index (χ4n) is 3.45. The van der Waals surface area contributed by atoms with Gasteiger partial charge in [0.15, 0.2) is 0 Å². The van der Waals surface area contributed by atoms with E-state index in [-0.39, 0.29) is 11.4 Å². The first kappa shape index (κ1) is 23.7. The number of hydrogen-bond donors (Lipinski definition) is 1. The Morgan fingerprint density at radius 2 is 1.78 bits per heavy atom. The van der Waals surface area contributed by atoms with Gasteiger partial charge in [-0.15, -0.1) is 0 Å². The molecule has 1 amide bonds. The summed E-state index contributed by atoms with van der Waals surface area (Å²) in [6, 6.07) is 13.8. The minimum Gasteiger partial charge on any atom is -0.463 e. The molecule has 0 bridgehead atoms. The van der Waals surface area contributed by atoms with Crippen molar-refractivity contribution in [2.24, 2.45) is 5.10 Å². The van der Waals surface area contributed by atoms with Gasteiger partial charge < -0.3 is 4.42 Å². The third-order valence-corrected chi connectivity index (χ3v) is 7.07. The van der Waals surface area contributed by atoms with Gasteiger partial charge in [0.25, 0.3) is 5.91 Å². The van der Waals surface area contributed by atoms with Crippen LogP contribution < -0.4 is 5.43 Å². The molecule has 2 aromatic carbocycles. The van der Waals surface area contributed by atoms with Crippen LogP contribution in [-0.4, -0.2) is 31.4 Å². The quantitative estimate of drug-likeness (QED) is 0.392. The van der Waals surface area contributed by atoms with E-state index < -0.39 is 22.5 Å². The number of nitrogens with one attached hydrogen (secondary N) is 1. The summed E-state index contributed by atoms with van der Waals surface area (Å²) in [5.74, 6) is -0.116. The zero-order valence-corrected chi connectivity index (χ0v) is 19.6. The Bertz CT molecular complexity index is 1200. The van der Waals surface area contributed by atoms with Crippen LogP contribution in [0.4, 0.5) is 0 Å². The fourth-order valence-corrected chi connectivity index (χ4v) is 5.37. The third-order valence-electron chi connectivity index (χ3n) is 4.72. The fraction of sp³-hybridized carbons (Fsp3) is 0.217. The monoisotopic (exact) mass is 473 g/mol. The molecule has 9 heteroatoms. The molecule has 0 aliphatic rings. The van der Waals surface area contributed by atoms with Gasteiger partial charge in [0.2, 0.25) is 10.0 Å². The summed E-state index contributed by atoms with van der Waals surface area (Å²) in [5, 5.41) is 4.37. The summed E-state index contributed by atoms with van der Waals surface area (Å²) in [6.45, 7) is 5.00. The van der Waals surface area contributed by atoms with Crippen molar-refractivity contribution in [2.75, 3.05) is 6.54 Å². The van der Waals surface area contributed by atoms with E-state index in [4.69, 9.17) is 16.0 Å². The molecule has 0 unspecified atom stereocenters. The Kier molecular flexibility index (Phi) is 7.50. The average molecular weight is 474 g/mol. The number of hydrazone groups is 1. The predicted molar refractivity (Wildman–Crippen MR) is 124 cm³/mol. The van der Waals surface area contributed by atoms with Crippen LogP contribution in [0.15, 0.2) is 69.2 Å². The molecule has 0 aliphatic heterocycles. The average Bonchev–Trinajstić information content (AvgIpc) is 3.21. The van der Waals surface area contributed by atoms with Crippen molar-refractivity contribution in [1.82, 2.24) is 9.73 Å². The number of benzene rings is 2. The smallest absolute Gasteiger partial charge is 0.255 e. The van der Waals surface area contributed by atoms with Gasteiger partial charge in [-0.2, -0.15) is 9.41 Å². The molecule has 0 atom stereocenters. The highest BCUT2D eigenvalue weighted by Crippen LogP contribution is 2.26. The van der Waals surface area contributed by atoms with Crippen molar-refractivity contribution in [2.45, 2.75) is 32.2 Å². The molecule has 0 fully saturated rings. The number of sulfonamides is 1. The van der Waals surface area contributed by atoms with Gasteiger partial charge in [-0.3, -0.25) is 4.79 Å². The molecule has 32 heavy (non-hydrogen) atoms. The molecule has 168 valence electrons. The molecule has 7 nitrogen and oxygen atoms in total. The van der Waals surface area contributed by atoms with Crippen molar-refractivity contribution in [3.8, 4) is 0 Å². The minimum absolute atomic E-state index is 0.00156. The number of aryl methyl sites for hydroxylation is 3. The molecule has 1 heterocycles. The van der Waals surface area contributed by atoms with E-state index in [1.807, 2.05) is 19.1 Å². The van der Waals surface area contributed by atoms with Crippen LogP contribution in [0.2, 0.25) is 5.02 Å². The SMILES string of the molecule is Cc1cc(C)c(S(=O)(=O)N(CC(=O)N/N=C/c2ccco2)Cc2ccc(Cl)cc2)c(C)c1. The summed E-state index contributed by atoms with van der Waals surface area (Å²) in [4.78, 5) is 12.7. The van der Waals surface area contributed by atoms with Crippen LogP contribution >= 0.6 is 11.6 Å². The first-order valence-corrected chi connectivity index (χ1v) is 11.7. The number of halogens is 1. The molecular weight excluding hydrogens is 450 g/mol. The molecule has 0 spiro atoms. The second-order valence-electron chi connectivity index (χ2n) is 7.44. The van der Waals surface area contributed by atoms with Gasteiger partial charge >= 0.3 is 0 Å². The largest absolute Gasteiger partial charge is 0.463 e. The number of carbonyl (C=O) groups excluding carboxylic acids is 1. The number of amides is 1. The van der Waals surface area contributed by atoms with Crippen molar-refractivity contribution in [3.63, 3.8) is 0 Å². The zero-order valence-electron chi connectivity index (χ0n) is 18.0. The molecule has 0 saturated heterocycles. The van der Waals surface area contributed by atoms with Gasteiger partial charge in [-0.25, -0.2) is 13.8 Å². The summed E-state index contributed by atoms with van der Waals surface area (Å²) in [6.07, 6.45) is 2.82. The van der Waals surface area contributed by atoms with Crippen LogP contribution in [0.1, 0.15) is 28.0 Å². The Balaban J connectivity index is 1.89. The number of nitrogens with zero attached hydrogens (tertiary/aromatic N) is 2. The molecule has 3 rings (SSSR count). The Labute approximate surface area is 192 Å². The van der Waals surface area contributed by atoms with Gasteiger partial charge in [0.1, 0.15) is 5.76 Å². The van der Waals surface area contributed by atoms with Gasteiger partial charge in [0, 0.05) is 11.6 Å². The van der Waals surface area contributed by atoms with E-state index in [2.05, 4.69) is 10.5 Å². The van der Waals surface area contributed by atoms with E-state index in [1.54, 1.807) is 50.2 Å². The number of furan rings is 1. The maximum Gasteiger partial charge on any atom is 0.255 e. The van der Waals surface area contributed by atoms with E-state index in [1.165, 1.54) is 12.5 Å². The van der Waals surface area contributed by atoms with Crippen LogP contribution in [0, 0.1) is 20.8 Å². The minimum atomic E-state index is -3.98. The zero-order chi connectivity index (χ0) is 23.3. The maximum atomic E-state index is 13.6. The molecule has 0 radical (unpaired) electrons. The topological polar surface area (TPSA) is 92.0 Å². The van der Waals surface area contributed by atoms with E-state index >= 15 is 0 Å². The standard InChI is InChI=1S/C23H24ClN3O4S/c1-16-11-17(2)23(18(3)12-16)32(29,30)27(14-19-6-8-20(24)9-7-19)15-22(28)26-25-13-21-5-4-10-31-21/h4-13H,14-15H2,1-3H3,(H,26,28)/b25-13+. The highest BCUT2D eigenvalue weighted by Gasteiger charge is 2.30. The lowest BCUT2D eigenvalue weighted by Gasteiger charge is -2.24. The molecule has 3 aromatic rings. The summed E-state index contributed by atoms with van der Waals surface area (Å²) < 4.78 is 33.5. The van der Waals surface area contributed by atoms with Crippen LogP contribution in [0.5, 0.6) is 0 Å². The highest BCUT2D eigenvalue weighted by molar-refractivity contribution is 7.89. The second-order valence-corrected chi connectivity index (χ2v) is 9.75. The van der Waals surface area contributed by atoms with Crippen LogP contribution in [0.25, 0.3) is 0 Å². The summed E-state index contributed by atoms with van der Waals surface area (Å²) in [7, 11) is -3.98. The Morgan fingerprint density at radius 1 is 1.12 bits per heavy atom. The summed E-state index contributed by atoms with van der Waals surface area (Å²) in [5.41, 5.74) is 5.27. The molecule has 0 saturated carbocycles. The Hall–Kier alpha value is -2.94. The molecule has 1 N–H and O–H groups in total. The first-order chi connectivity index (χ1) is 15.2. The van der Waals surface area contributed by atoms with Crippen molar-refractivity contribution in [1.29, 1.82) is 0 Å². The number of rotatable bonds is 8. The predicted octanol–water partition coefficient (Wildman–Crippen LogP) is 4.20. The normalized spacial score (nSPS) is 11.9. The third kappa shape index (κ3) is 5.85. The molecule has 1 aromatic heterocycles. The van der Waals surface area contributed by atoms with Crippen LogP contribution in [0.3, 0.4) is 0 Å². The lowest BCUT2D eigenvalue weighted by molar-refractivity contribution is -0.121. The molecular formula is C23H24ClN3O4S. The van der Waals surface area contributed by atoms with Crippen molar-refractivity contribution < 1.29 is 17.6 Å². The molecule has 0 aliphatic carbocycles. The van der Waals surface area contributed by atoms with E-state index in [0.29, 0.717) is 27.5 Å². The van der Waals surface area contributed by atoms with Gasteiger partial charge in [-0.1, -0.05) is 41.4 Å². The second kappa shape index (κ2) is 10.1. The first-order valence-electron chi connectivity index (χ1n) is 9.84. The maximum absolute atomic E-state index is 13.6.